The molecule has 0 radical (unpaired) electrons. The highest BCUT2D eigenvalue weighted by atomic mass is 16.3. The number of anilines is 1. The van der Waals surface area contributed by atoms with Crippen LogP contribution in [0.1, 0.15) is 12.5 Å². The number of rotatable bonds is 5. The number of hydrogen-bond acceptors (Lipinski definition) is 3. The van der Waals surface area contributed by atoms with E-state index >= 15 is 0 Å². The predicted molar refractivity (Wildman–Crippen MR) is 61.9 cm³/mol. The Kier molecular flexibility index (Phi) is 4.12. The number of aryl methyl sites for hydroxylation is 1. The summed E-state index contributed by atoms with van der Waals surface area (Å²) in [4.78, 5) is 0. The maximum Gasteiger partial charge on any atom is 0.0523 e. The number of para-hydroxylation sites is 1. The van der Waals surface area contributed by atoms with Crippen molar-refractivity contribution in [1.82, 2.24) is 0 Å². The van der Waals surface area contributed by atoms with Gasteiger partial charge in [0.05, 0.1) is 13.2 Å². The van der Waals surface area contributed by atoms with Crippen molar-refractivity contribution in [1.29, 1.82) is 0 Å². The van der Waals surface area contributed by atoms with E-state index < -0.39 is 5.41 Å². The molecule has 0 heterocycles. The second-order valence-corrected chi connectivity index (χ2v) is 4.30. The van der Waals surface area contributed by atoms with Crippen LogP contribution in [0.4, 0.5) is 5.69 Å². The Bertz CT molecular complexity index is 308. The van der Waals surface area contributed by atoms with Gasteiger partial charge in [-0.1, -0.05) is 25.1 Å². The summed E-state index contributed by atoms with van der Waals surface area (Å²) in [6.45, 7) is 4.38. The summed E-state index contributed by atoms with van der Waals surface area (Å²) in [6.07, 6.45) is 0. The number of hydrogen-bond donors (Lipinski definition) is 3. The number of aliphatic hydroxyl groups is 2. The van der Waals surface area contributed by atoms with E-state index in [0.29, 0.717) is 6.54 Å². The van der Waals surface area contributed by atoms with E-state index in [9.17, 15) is 0 Å². The lowest BCUT2D eigenvalue weighted by Gasteiger charge is -2.25. The van der Waals surface area contributed by atoms with Gasteiger partial charge < -0.3 is 15.5 Å². The Morgan fingerprint density at radius 3 is 2.33 bits per heavy atom. The molecule has 0 bridgehead atoms. The first-order chi connectivity index (χ1) is 7.11. The number of benzene rings is 1. The van der Waals surface area contributed by atoms with Gasteiger partial charge in [0.1, 0.15) is 0 Å². The SMILES string of the molecule is Cc1ccccc1NCC(C)(CO)CO. The Morgan fingerprint density at radius 1 is 1.20 bits per heavy atom. The lowest BCUT2D eigenvalue weighted by atomic mass is 9.93. The van der Waals surface area contributed by atoms with E-state index in [2.05, 4.69) is 5.32 Å². The average Bonchev–Trinajstić information content (AvgIpc) is 2.28. The van der Waals surface area contributed by atoms with Gasteiger partial charge in [-0.3, -0.25) is 0 Å². The first-order valence-corrected chi connectivity index (χ1v) is 5.12. The molecule has 3 N–H and O–H groups in total. The molecule has 0 aliphatic carbocycles. The van der Waals surface area contributed by atoms with Crippen LogP contribution in [-0.4, -0.2) is 30.0 Å². The zero-order chi connectivity index (χ0) is 11.3. The van der Waals surface area contributed by atoms with Crippen LogP contribution in [0, 0.1) is 12.3 Å². The van der Waals surface area contributed by atoms with Crippen molar-refractivity contribution in [2.75, 3.05) is 25.1 Å². The minimum Gasteiger partial charge on any atom is -0.396 e. The molecule has 0 saturated heterocycles. The van der Waals surface area contributed by atoms with Gasteiger partial charge in [0.25, 0.3) is 0 Å². The van der Waals surface area contributed by atoms with Crippen LogP contribution >= 0.6 is 0 Å². The molecule has 0 saturated carbocycles. The van der Waals surface area contributed by atoms with Gasteiger partial charge in [0, 0.05) is 17.6 Å². The third-order valence-corrected chi connectivity index (χ3v) is 2.61. The van der Waals surface area contributed by atoms with Crippen LogP contribution in [0.5, 0.6) is 0 Å². The second-order valence-electron chi connectivity index (χ2n) is 4.30. The van der Waals surface area contributed by atoms with Crippen molar-refractivity contribution in [2.45, 2.75) is 13.8 Å². The van der Waals surface area contributed by atoms with Crippen LogP contribution in [0.3, 0.4) is 0 Å². The third kappa shape index (κ3) is 3.22. The first-order valence-electron chi connectivity index (χ1n) is 5.12. The molecule has 1 rings (SSSR count). The molecule has 0 spiro atoms. The molecule has 0 fully saturated rings. The molecule has 0 aliphatic rings. The lowest BCUT2D eigenvalue weighted by molar-refractivity contribution is 0.0806. The van der Waals surface area contributed by atoms with Crippen molar-refractivity contribution in [3.63, 3.8) is 0 Å². The molecule has 3 heteroatoms. The summed E-state index contributed by atoms with van der Waals surface area (Å²) in [5.41, 5.74) is 1.74. The van der Waals surface area contributed by atoms with E-state index in [1.807, 2.05) is 38.1 Å². The van der Waals surface area contributed by atoms with Gasteiger partial charge in [-0.25, -0.2) is 0 Å². The molecule has 84 valence electrons. The van der Waals surface area contributed by atoms with Gasteiger partial charge in [-0.2, -0.15) is 0 Å². The van der Waals surface area contributed by atoms with Crippen LogP contribution < -0.4 is 5.32 Å². The Hall–Kier alpha value is -1.06. The standard InChI is InChI=1S/C12H19NO2/c1-10-5-3-4-6-11(10)13-7-12(2,8-14)9-15/h3-6,13-15H,7-9H2,1-2H3. The monoisotopic (exact) mass is 209 g/mol. The van der Waals surface area contributed by atoms with E-state index in [4.69, 9.17) is 10.2 Å². The van der Waals surface area contributed by atoms with E-state index in [1.165, 1.54) is 0 Å². The number of aliphatic hydroxyl groups excluding tert-OH is 2. The molecular weight excluding hydrogens is 190 g/mol. The van der Waals surface area contributed by atoms with Gasteiger partial charge in [0.2, 0.25) is 0 Å². The zero-order valence-corrected chi connectivity index (χ0v) is 9.33. The first kappa shape index (κ1) is 12.0. The van der Waals surface area contributed by atoms with E-state index in [0.717, 1.165) is 11.3 Å². The van der Waals surface area contributed by atoms with Crippen molar-refractivity contribution in [3.05, 3.63) is 29.8 Å². The maximum absolute atomic E-state index is 9.13. The van der Waals surface area contributed by atoms with Crippen LogP contribution in [0.15, 0.2) is 24.3 Å². The van der Waals surface area contributed by atoms with Crippen molar-refractivity contribution in [2.24, 2.45) is 5.41 Å². The Labute approximate surface area is 90.8 Å². The maximum atomic E-state index is 9.13. The molecule has 0 atom stereocenters. The third-order valence-electron chi connectivity index (χ3n) is 2.61. The zero-order valence-electron chi connectivity index (χ0n) is 9.33. The van der Waals surface area contributed by atoms with Crippen LogP contribution in [-0.2, 0) is 0 Å². The topological polar surface area (TPSA) is 52.5 Å². The van der Waals surface area contributed by atoms with Crippen molar-refractivity contribution >= 4 is 5.69 Å². The number of nitrogens with one attached hydrogen (secondary N) is 1. The largest absolute Gasteiger partial charge is 0.396 e. The van der Waals surface area contributed by atoms with Gasteiger partial charge >= 0.3 is 0 Å². The summed E-state index contributed by atoms with van der Waals surface area (Å²) in [7, 11) is 0. The van der Waals surface area contributed by atoms with Crippen LogP contribution in [0.25, 0.3) is 0 Å². The second kappa shape index (κ2) is 5.14. The molecule has 1 aromatic carbocycles. The molecule has 15 heavy (non-hydrogen) atoms. The fourth-order valence-electron chi connectivity index (χ4n) is 1.24. The lowest BCUT2D eigenvalue weighted by Crippen LogP contribution is -2.34. The van der Waals surface area contributed by atoms with Gasteiger partial charge in [0.15, 0.2) is 0 Å². The van der Waals surface area contributed by atoms with Gasteiger partial charge in [-0.15, -0.1) is 0 Å². The fraction of sp³-hybridized carbons (Fsp3) is 0.500. The highest BCUT2D eigenvalue weighted by Gasteiger charge is 2.22. The fourth-order valence-corrected chi connectivity index (χ4v) is 1.24. The summed E-state index contributed by atoms with van der Waals surface area (Å²) in [5, 5.41) is 21.5. The highest BCUT2D eigenvalue weighted by molar-refractivity contribution is 5.50. The predicted octanol–water partition coefficient (Wildman–Crippen LogP) is 1.40. The molecule has 1 aromatic rings. The molecule has 0 aromatic heterocycles. The minimum absolute atomic E-state index is 0.0254. The van der Waals surface area contributed by atoms with E-state index in [-0.39, 0.29) is 13.2 Å². The van der Waals surface area contributed by atoms with Gasteiger partial charge in [-0.05, 0) is 18.6 Å². The highest BCUT2D eigenvalue weighted by Crippen LogP contribution is 2.18. The summed E-state index contributed by atoms with van der Waals surface area (Å²) < 4.78 is 0. The molecule has 0 amide bonds. The Morgan fingerprint density at radius 2 is 1.80 bits per heavy atom. The normalized spacial score (nSPS) is 11.5. The van der Waals surface area contributed by atoms with Crippen LogP contribution in [0.2, 0.25) is 0 Å². The quantitative estimate of drug-likeness (QED) is 0.687. The molecule has 0 unspecified atom stereocenters. The summed E-state index contributed by atoms with van der Waals surface area (Å²) in [6, 6.07) is 7.96. The Balaban J connectivity index is 2.61. The van der Waals surface area contributed by atoms with Crippen molar-refractivity contribution < 1.29 is 10.2 Å². The summed E-state index contributed by atoms with van der Waals surface area (Å²) in [5.74, 6) is 0. The minimum atomic E-state index is -0.470. The average molecular weight is 209 g/mol. The molecular formula is C12H19NO2. The van der Waals surface area contributed by atoms with E-state index in [1.54, 1.807) is 0 Å². The molecule has 3 nitrogen and oxygen atoms in total. The van der Waals surface area contributed by atoms with Crippen molar-refractivity contribution in [3.8, 4) is 0 Å². The molecule has 0 aliphatic heterocycles. The summed E-state index contributed by atoms with van der Waals surface area (Å²) >= 11 is 0. The smallest absolute Gasteiger partial charge is 0.0523 e.